The lowest BCUT2D eigenvalue weighted by molar-refractivity contribution is 0.661. The van der Waals surface area contributed by atoms with Gasteiger partial charge in [-0.3, -0.25) is 0 Å². The zero-order chi connectivity index (χ0) is 43.2. The molecule has 12 aromatic rings. The van der Waals surface area contributed by atoms with Gasteiger partial charge in [0.1, 0.15) is 0 Å². The highest BCUT2D eigenvalue weighted by Gasteiger charge is 2.36. The summed E-state index contributed by atoms with van der Waals surface area (Å²) in [5, 5.41) is 12.7. The number of hydrogen-bond acceptors (Lipinski definition) is 0. The molecule has 12 aromatic carbocycles. The van der Waals surface area contributed by atoms with E-state index in [1.54, 1.807) is 0 Å². The average Bonchev–Trinajstić information content (AvgIpc) is 3.59. The molecule has 1 aliphatic rings. The topological polar surface area (TPSA) is 0 Å². The van der Waals surface area contributed by atoms with Crippen LogP contribution in [0, 0.1) is 0 Å². The molecule has 0 fully saturated rings. The molecule has 0 saturated heterocycles. The van der Waals surface area contributed by atoms with Gasteiger partial charge in [-0.05, 0) is 144 Å². The summed E-state index contributed by atoms with van der Waals surface area (Å²) in [5.41, 5.74) is 17.9. The van der Waals surface area contributed by atoms with E-state index < -0.39 is 0 Å². The van der Waals surface area contributed by atoms with Crippen molar-refractivity contribution in [2.75, 3.05) is 0 Å². The maximum absolute atomic E-state index is 2.49. The Hall–Kier alpha value is -8.06. The summed E-state index contributed by atoms with van der Waals surface area (Å²) < 4.78 is 0. The molecule has 0 heterocycles. The Bertz CT molecular complexity index is 3780. The molecule has 1 aliphatic carbocycles. The van der Waals surface area contributed by atoms with E-state index in [1.807, 2.05) is 0 Å². The first-order chi connectivity index (χ1) is 32.0. The number of benzene rings is 12. The van der Waals surface area contributed by atoms with E-state index in [1.165, 1.54) is 132 Å². The molecule has 0 saturated carbocycles. The predicted octanol–water partition coefficient (Wildman–Crippen LogP) is 18.1. The van der Waals surface area contributed by atoms with Gasteiger partial charge in [0.25, 0.3) is 0 Å². The molecule has 0 spiro atoms. The first-order valence-corrected chi connectivity index (χ1v) is 22.8. The molecule has 304 valence electrons. The number of fused-ring (bicyclic) bond motifs is 8. The van der Waals surface area contributed by atoms with Crippen LogP contribution in [0.15, 0.2) is 231 Å². The highest BCUT2D eigenvalue weighted by Crippen LogP contribution is 2.53. The van der Waals surface area contributed by atoms with E-state index in [9.17, 15) is 0 Å². The van der Waals surface area contributed by atoms with Crippen LogP contribution in [0.25, 0.3) is 121 Å². The molecule has 0 radical (unpaired) electrons. The lowest BCUT2D eigenvalue weighted by atomic mass is 9.79. The van der Waals surface area contributed by atoms with Gasteiger partial charge in [-0.25, -0.2) is 0 Å². The molecule has 0 heteroatoms. The lowest BCUT2D eigenvalue weighted by Gasteiger charge is -2.24. The molecule has 0 aliphatic heterocycles. The Kier molecular flexibility index (Phi) is 8.36. The van der Waals surface area contributed by atoms with Crippen LogP contribution in [-0.2, 0) is 5.41 Å². The van der Waals surface area contributed by atoms with Crippen molar-refractivity contribution in [2.45, 2.75) is 19.3 Å². The summed E-state index contributed by atoms with van der Waals surface area (Å²) in [6.45, 7) is 4.83. The highest BCUT2D eigenvalue weighted by molar-refractivity contribution is 6.25. The average molecular weight is 825 g/mol. The third-order valence-corrected chi connectivity index (χ3v) is 14.5. The fraction of sp³-hybridized carbons (Fsp3) is 0.0462. The second kappa shape index (κ2) is 14.5. The van der Waals surface area contributed by atoms with Gasteiger partial charge in [-0.15, -0.1) is 0 Å². The summed E-state index contributed by atoms with van der Waals surface area (Å²) >= 11 is 0. The monoisotopic (exact) mass is 824 g/mol. The molecule has 0 bridgehead atoms. The molecule has 0 amide bonds. The Labute approximate surface area is 379 Å². The van der Waals surface area contributed by atoms with E-state index in [2.05, 4.69) is 244 Å². The third-order valence-electron chi connectivity index (χ3n) is 14.5. The zero-order valence-corrected chi connectivity index (χ0v) is 36.4. The summed E-state index contributed by atoms with van der Waals surface area (Å²) in [5.74, 6) is 0. The Morgan fingerprint density at radius 2 is 0.508 bits per heavy atom. The Morgan fingerprint density at radius 3 is 0.938 bits per heavy atom. The number of hydrogen-bond donors (Lipinski definition) is 0. The van der Waals surface area contributed by atoms with Crippen molar-refractivity contribution < 1.29 is 0 Å². The van der Waals surface area contributed by atoms with Crippen LogP contribution in [0.5, 0.6) is 0 Å². The normalized spacial score (nSPS) is 12.9. The van der Waals surface area contributed by atoms with Gasteiger partial charge in [-0.1, -0.05) is 232 Å². The van der Waals surface area contributed by atoms with Crippen LogP contribution in [0.1, 0.15) is 25.0 Å². The molecule has 0 N–H and O–H groups in total. The van der Waals surface area contributed by atoms with Gasteiger partial charge < -0.3 is 0 Å². The van der Waals surface area contributed by atoms with Crippen molar-refractivity contribution in [3.8, 4) is 66.8 Å². The molecule has 65 heavy (non-hydrogen) atoms. The van der Waals surface area contributed by atoms with Gasteiger partial charge in [0.2, 0.25) is 0 Å². The minimum atomic E-state index is -0.208. The highest BCUT2D eigenvalue weighted by atomic mass is 14.4. The third kappa shape index (κ3) is 5.64. The largest absolute Gasteiger partial charge is 0.0622 e. The minimum absolute atomic E-state index is 0.208. The van der Waals surface area contributed by atoms with E-state index in [0.717, 1.165) is 0 Å². The molecular weight excluding hydrogens is 781 g/mol. The van der Waals surface area contributed by atoms with Crippen molar-refractivity contribution in [3.63, 3.8) is 0 Å². The maximum atomic E-state index is 2.49. The van der Waals surface area contributed by atoms with Crippen LogP contribution in [0.4, 0.5) is 0 Å². The summed E-state index contributed by atoms with van der Waals surface area (Å²) in [7, 11) is 0. The molecule has 13 rings (SSSR count). The van der Waals surface area contributed by atoms with Crippen LogP contribution in [0.3, 0.4) is 0 Å². The predicted molar refractivity (Wildman–Crippen MR) is 279 cm³/mol. The van der Waals surface area contributed by atoms with E-state index in [4.69, 9.17) is 0 Å². The molecule has 0 unspecified atom stereocenters. The zero-order valence-electron chi connectivity index (χ0n) is 36.4. The fourth-order valence-electron chi connectivity index (χ4n) is 11.5. The van der Waals surface area contributed by atoms with Crippen LogP contribution < -0.4 is 0 Å². The second-order valence-electron chi connectivity index (χ2n) is 18.3. The van der Waals surface area contributed by atoms with Crippen molar-refractivity contribution in [3.05, 3.63) is 242 Å². The summed E-state index contributed by atoms with van der Waals surface area (Å²) in [6, 6.07) is 85.8. The SMILES string of the molecule is CC1(C)c2cc(-c3ccc(-c4c5ccccc5c(-c5ccccc5)c5ccccc45)c4ccccc34)ccc2-c2ccc(-c3c4ccccc4c(-c4ccccc4)c4ccccc34)cc21. The van der Waals surface area contributed by atoms with E-state index in [0.29, 0.717) is 0 Å². The van der Waals surface area contributed by atoms with E-state index >= 15 is 0 Å². The fourth-order valence-corrected chi connectivity index (χ4v) is 11.5. The van der Waals surface area contributed by atoms with Crippen LogP contribution in [-0.4, -0.2) is 0 Å². The van der Waals surface area contributed by atoms with Gasteiger partial charge in [0.15, 0.2) is 0 Å². The number of rotatable bonds is 5. The first kappa shape index (κ1) is 37.5. The molecular formula is C65H44. The second-order valence-corrected chi connectivity index (χ2v) is 18.3. The quantitative estimate of drug-likeness (QED) is 0.152. The van der Waals surface area contributed by atoms with Crippen LogP contribution in [0.2, 0.25) is 0 Å². The molecule has 0 nitrogen and oxygen atoms in total. The smallest absolute Gasteiger partial charge is 0.0159 e. The first-order valence-electron chi connectivity index (χ1n) is 22.8. The standard InChI is InChI=1S/C65H44/c1-65(2)59-39-43(33-35-48(59)49-36-34-44(40-60(49)65)63-52-27-13-11-25-50(52)61(41-19-5-3-6-20-41)51-26-12-14-28-53(51)63)45-37-38-58(47-24-10-9-23-46(45)47)64-56-31-17-15-29-54(56)62(42-21-7-4-8-22-42)55-30-16-18-32-57(55)64/h3-40H,1-2H3. The van der Waals surface area contributed by atoms with Gasteiger partial charge in [0, 0.05) is 5.41 Å². The lowest BCUT2D eigenvalue weighted by Crippen LogP contribution is -2.15. The summed E-state index contributed by atoms with van der Waals surface area (Å²) in [6.07, 6.45) is 0. The van der Waals surface area contributed by atoms with Gasteiger partial charge >= 0.3 is 0 Å². The maximum Gasteiger partial charge on any atom is 0.0159 e. The summed E-state index contributed by atoms with van der Waals surface area (Å²) in [4.78, 5) is 0. The van der Waals surface area contributed by atoms with Crippen molar-refractivity contribution in [1.82, 2.24) is 0 Å². The van der Waals surface area contributed by atoms with E-state index in [-0.39, 0.29) is 5.41 Å². The van der Waals surface area contributed by atoms with Gasteiger partial charge in [0.05, 0.1) is 0 Å². The van der Waals surface area contributed by atoms with Gasteiger partial charge in [-0.2, -0.15) is 0 Å². The minimum Gasteiger partial charge on any atom is -0.0622 e. The molecule has 0 atom stereocenters. The Morgan fingerprint density at radius 1 is 0.215 bits per heavy atom. The molecule has 0 aromatic heterocycles. The van der Waals surface area contributed by atoms with Crippen molar-refractivity contribution in [2.24, 2.45) is 0 Å². The Balaban J connectivity index is 0.952. The van der Waals surface area contributed by atoms with Crippen molar-refractivity contribution in [1.29, 1.82) is 0 Å². The van der Waals surface area contributed by atoms with Crippen molar-refractivity contribution >= 4 is 53.9 Å². The van der Waals surface area contributed by atoms with Crippen LogP contribution >= 0.6 is 0 Å².